The van der Waals surface area contributed by atoms with Crippen LogP contribution < -0.4 is 0 Å². The number of carboxylic acid groups (broad SMARTS) is 1. The van der Waals surface area contributed by atoms with Crippen LogP contribution in [0.5, 0.6) is 0 Å². The fourth-order valence-corrected chi connectivity index (χ4v) is 1.98. The van der Waals surface area contributed by atoms with Crippen LogP contribution in [0.3, 0.4) is 0 Å². The van der Waals surface area contributed by atoms with E-state index in [1.54, 1.807) is 17.8 Å². The van der Waals surface area contributed by atoms with Gasteiger partial charge in [-0.15, -0.1) is 0 Å². The first-order valence-electron chi connectivity index (χ1n) is 5.35. The second-order valence-corrected chi connectivity index (χ2v) is 4.20. The first-order chi connectivity index (χ1) is 7.99. The lowest BCUT2D eigenvalue weighted by Crippen LogP contribution is -2.07. The van der Waals surface area contributed by atoms with Crippen molar-refractivity contribution in [2.45, 2.75) is 20.8 Å². The van der Waals surface area contributed by atoms with Crippen LogP contribution in [0.25, 0.3) is 5.69 Å². The molecule has 1 aromatic heterocycles. The second-order valence-electron chi connectivity index (χ2n) is 4.20. The number of imidazole rings is 1. The summed E-state index contributed by atoms with van der Waals surface area (Å²) >= 11 is 0. The molecule has 0 saturated heterocycles. The number of carboxylic acids is 1. The van der Waals surface area contributed by atoms with E-state index >= 15 is 0 Å². The van der Waals surface area contributed by atoms with Crippen molar-refractivity contribution in [1.82, 2.24) is 9.55 Å². The van der Waals surface area contributed by atoms with Crippen molar-refractivity contribution in [3.05, 3.63) is 47.0 Å². The average molecular weight is 230 g/mol. The number of aryl methyl sites for hydroxylation is 3. The average Bonchev–Trinajstić information content (AvgIpc) is 2.58. The zero-order valence-electron chi connectivity index (χ0n) is 10.1. The van der Waals surface area contributed by atoms with Gasteiger partial charge in [0.1, 0.15) is 6.33 Å². The maximum atomic E-state index is 11.2. The smallest absolute Gasteiger partial charge is 0.354 e. The molecule has 0 spiro atoms. The number of aromatic carboxylic acids is 1. The van der Waals surface area contributed by atoms with Gasteiger partial charge in [-0.1, -0.05) is 6.07 Å². The van der Waals surface area contributed by atoms with Crippen LogP contribution in [-0.4, -0.2) is 20.6 Å². The summed E-state index contributed by atoms with van der Waals surface area (Å²) < 4.78 is 1.61. The van der Waals surface area contributed by atoms with Crippen molar-refractivity contribution in [2.75, 3.05) is 0 Å². The summed E-state index contributed by atoms with van der Waals surface area (Å²) in [6, 6.07) is 5.94. The molecule has 88 valence electrons. The lowest BCUT2D eigenvalue weighted by molar-refractivity contribution is 0.0687. The summed E-state index contributed by atoms with van der Waals surface area (Å²) in [5, 5.41) is 9.17. The Labute approximate surface area is 99.5 Å². The van der Waals surface area contributed by atoms with Crippen molar-refractivity contribution in [1.29, 1.82) is 0 Å². The quantitative estimate of drug-likeness (QED) is 0.862. The Morgan fingerprint density at radius 2 is 1.76 bits per heavy atom. The minimum absolute atomic E-state index is 0.218. The fraction of sp³-hybridized carbons (Fsp3) is 0.231. The van der Waals surface area contributed by atoms with Gasteiger partial charge in [0.2, 0.25) is 0 Å². The van der Waals surface area contributed by atoms with Gasteiger partial charge in [-0.05, 0) is 44.0 Å². The number of rotatable bonds is 2. The Morgan fingerprint density at radius 1 is 1.18 bits per heavy atom. The first-order valence-corrected chi connectivity index (χ1v) is 5.35. The molecular formula is C13H14N2O2. The molecule has 0 aliphatic heterocycles. The van der Waals surface area contributed by atoms with Crippen LogP contribution in [0, 0.1) is 20.8 Å². The standard InChI is InChI=1S/C13H14N2O2/c1-8-4-9(2)6-11(5-8)15-7-14-10(3)12(15)13(16)17/h4-7H,1-3H3,(H,16,17). The normalized spacial score (nSPS) is 10.5. The van der Waals surface area contributed by atoms with Gasteiger partial charge >= 0.3 is 5.97 Å². The van der Waals surface area contributed by atoms with E-state index in [0.717, 1.165) is 16.8 Å². The van der Waals surface area contributed by atoms with Gasteiger partial charge in [0.05, 0.1) is 5.69 Å². The number of hydrogen-bond donors (Lipinski definition) is 1. The van der Waals surface area contributed by atoms with Crippen molar-refractivity contribution < 1.29 is 9.90 Å². The number of aromatic nitrogens is 2. The second kappa shape index (κ2) is 4.05. The summed E-state index contributed by atoms with van der Waals surface area (Å²) in [5.74, 6) is -0.959. The van der Waals surface area contributed by atoms with Crippen molar-refractivity contribution >= 4 is 5.97 Å². The molecule has 0 aliphatic rings. The van der Waals surface area contributed by atoms with Gasteiger partial charge in [0, 0.05) is 5.69 Å². The predicted octanol–water partition coefficient (Wildman–Crippen LogP) is 2.50. The maximum Gasteiger partial charge on any atom is 0.354 e. The van der Waals surface area contributed by atoms with Gasteiger partial charge in [-0.3, -0.25) is 4.57 Å². The van der Waals surface area contributed by atoms with Crippen LogP contribution in [0.4, 0.5) is 0 Å². The molecule has 2 aromatic rings. The highest BCUT2D eigenvalue weighted by Gasteiger charge is 2.15. The minimum atomic E-state index is -0.959. The van der Waals surface area contributed by atoms with Gasteiger partial charge < -0.3 is 5.11 Å². The lowest BCUT2D eigenvalue weighted by Gasteiger charge is -2.08. The molecule has 0 fully saturated rings. The third-order valence-electron chi connectivity index (χ3n) is 2.64. The first kappa shape index (κ1) is 11.4. The van der Waals surface area contributed by atoms with Gasteiger partial charge in [0.15, 0.2) is 5.69 Å². The molecule has 0 bridgehead atoms. The number of benzene rings is 1. The number of hydrogen-bond acceptors (Lipinski definition) is 2. The molecule has 0 unspecified atom stereocenters. The molecule has 2 rings (SSSR count). The van der Waals surface area contributed by atoms with E-state index < -0.39 is 5.97 Å². The van der Waals surface area contributed by atoms with Crippen molar-refractivity contribution in [3.63, 3.8) is 0 Å². The van der Waals surface area contributed by atoms with Crippen LogP contribution in [0.1, 0.15) is 27.3 Å². The SMILES string of the molecule is Cc1cc(C)cc(-n2cnc(C)c2C(=O)O)c1. The molecular weight excluding hydrogens is 216 g/mol. The van der Waals surface area contributed by atoms with E-state index in [1.165, 1.54) is 0 Å². The summed E-state index contributed by atoms with van der Waals surface area (Å²) in [7, 11) is 0. The highest BCUT2D eigenvalue weighted by molar-refractivity contribution is 5.87. The minimum Gasteiger partial charge on any atom is -0.477 e. The monoisotopic (exact) mass is 230 g/mol. The zero-order chi connectivity index (χ0) is 12.6. The summed E-state index contributed by atoms with van der Waals surface area (Å²) in [4.78, 5) is 15.2. The van der Waals surface area contributed by atoms with Gasteiger partial charge in [-0.25, -0.2) is 9.78 Å². The number of carbonyl (C=O) groups is 1. The largest absolute Gasteiger partial charge is 0.477 e. The van der Waals surface area contributed by atoms with Crippen LogP contribution in [0.2, 0.25) is 0 Å². The van der Waals surface area contributed by atoms with Crippen LogP contribution >= 0.6 is 0 Å². The molecule has 0 atom stereocenters. The number of nitrogens with zero attached hydrogens (tertiary/aromatic N) is 2. The lowest BCUT2D eigenvalue weighted by atomic mass is 10.1. The summed E-state index contributed by atoms with van der Waals surface area (Å²) in [5.41, 5.74) is 3.78. The predicted molar refractivity (Wildman–Crippen MR) is 64.7 cm³/mol. The Kier molecular flexibility index (Phi) is 2.71. The Hall–Kier alpha value is -2.10. The summed E-state index contributed by atoms with van der Waals surface area (Å²) in [6.45, 7) is 5.67. The van der Waals surface area contributed by atoms with E-state index in [2.05, 4.69) is 4.98 Å². The molecule has 17 heavy (non-hydrogen) atoms. The Morgan fingerprint density at radius 3 is 2.29 bits per heavy atom. The third kappa shape index (κ3) is 2.06. The molecule has 0 amide bonds. The summed E-state index contributed by atoms with van der Waals surface area (Å²) in [6.07, 6.45) is 1.55. The van der Waals surface area contributed by atoms with E-state index in [0.29, 0.717) is 5.69 Å². The Bertz CT molecular complexity index is 565. The van der Waals surface area contributed by atoms with E-state index in [9.17, 15) is 9.90 Å². The molecule has 0 aliphatic carbocycles. The van der Waals surface area contributed by atoms with Crippen LogP contribution in [0.15, 0.2) is 24.5 Å². The maximum absolute atomic E-state index is 11.2. The topological polar surface area (TPSA) is 55.1 Å². The molecule has 4 heteroatoms. The third-order valence-corrected chi connectivity index (χ3v) is 2.64. The van der Waals surface area contributed by atoms with Crippen LogP contribution in [-0.2, 0) is 0 Å². The molecule has 1 heterocycles. The van der Waals surface area contributed by atoms with Gasteiger partial charge in [0.25, 0.3) is 0 Å². The van der Waals surface area contributed by atoms with Crippen molar-refractivity contribution in [3.8, 4) is 5.69 Å². The van der Waals surface area contributed by atoms with Crippen molar-refractivity contribution in [2.24, 2.45) is 0 Å². The Balaban J connectivity index is 2.64. The molecule has 1 aromatic carbocycles. The highest BCUT2D eigenvalue weighted by Crippen LogP contribution is 2.17. The van der Waals surface area contributed by atoms with E-state index in [-0.39, 0.29) is 5.69 Å². The molecule has 4 nitrogen and oxygen atoms in total. The van der Waals surface area contributed by atoms with Gasteiger partial charge in [-0.2, -0.15) is 0 Å². The fourth-order valence-electron chi connectivity index (χ4n) is 1.98. The molecule has 0 radical (unpaired) electrons. The van der Waals surface area contributed by atoms with E-state index in [4.69, 9.17) is 0 Å². The zero-order valence-corrected chi connectivity index (χ0v) is 10.1. The molecule has 1 N–H and O–H groups in total. The highest BCUT2D eigenvalue weighted by atomic mass is 16.4. The molecule has 0 saturated carbocycles. The van der Waals surface area contributed by atoms with E-state index in [1.807, 2.05) is 32.0 Å².